The van der Waals surface area contributed by atoms with Crippen LogP contribution in [0.1, 0.15) is 28.5 Å². The highest BCUT2D eigenvalue weighted by Gasteiger charge is 2.34. The van der Waals surface area contributed by atoms with E-state index in [9.17, 15) is 13.2 Å². The van der Waals surface area contributed by atoms with E-state index in [4.69, 9.17) is 0 Å². The van der Waals surface area contributed by atoms with Gasteiger partial charge in [0.15, 0.2) is 5.82 Å². The van der Waals surface area contributed by atoms with Gasteiger partial charge >= 0.3 is 0 Å². The Morgan fingerprint density at radius 1 is 1.00 bits per heavy atom. The summed E-state index contributed by atoms with van der Waals surface area (Å²) in [7, 11) is -3.63. The summed E-state index contributed by atoms with van der Waals surface area (Å²) in [5.41, 5.74) is 3.02. The molecule has 1 amide bonds. The fourth-order valence-electron chi connectivity index (χ4n) is 4.45. The van der Waals surface area contributed by atoms with E-state index in [-0.39, 0.29) is 23.9 Å². The SMILES string of the molecule is CCN1CCN(c2ccc(C(=O)Nc3n[nH]c4c3CN(S(=O)(=O)c3ccccc3)C4)cc2)CC1. The van der Waals surface area contributed by atoms with Crippen LogP contribution in [-0.2, 0) is 23.1 Å². The largest absolute Gasteiger partial charge is 0.369 e. The standard InChI is InChI=1S/C24H28N6O3S/c1-2-28-12-14-29(15-13-28)19-10-8-18(9-11-19)24(31)25-23-21-16-30(17-22(21)26-27-23)34(32,33)20-6-4-3-5-7-20/h3-11H,2,12-17H2,1H3,(H2,25,26,27,31). The number of aromatic amines is 1. The molecule has 0 radical (unpaired) electrons. The van der Waals surface area contributed by atoms with Crippen LogP contribution >= 0.6 is 0 Å². The summed E-state index contributed by atoms with van der Waals surface area (Å²) in [5.74, 6) is 0.0894. The minimum Gasteiger partial charge on any atom is -0.369 e. The first kappa shape index (κ1) is 22.6. The number of rotatable bonds is 6. The van der Waals surface area contributed by atoms with Crippen LogP contribution in [0, 0.1) is 0 Å². The molecule has 2 aliphatic heterocycles. The molecule has 0 atom stereocenters. The molecule has 2 N–H and O–H groups in total. The first-order chi connectivity index (χ1) is 16.5. The number of amides is 1. The summed E-state index contributed by atoms with van der Waals surface area (Å²) < 4.78 is 27.3. The van der Waals surface area contributed by atoms with Gasteiger partial charge in [0.2, 0.25) is 10.0 Å². The van der Waals surface area contributed by atoms with Gasteiger partial charge < -0.3 is 15.1 Å². The van der Waals surface area contributed by atoms with Crippen molar-refractivity contribution in [3.05, 3.63) is 71.4 Å². The highest BCUT2D eigenvalue weighted by Crippen LogP contribution is 2.31. The van der Waals surface area contributed by atoms with Crippen LogP contribution in [0.15, 0.2) is 59.5 Å². The van der Waals surface area contributed by atoms with Crippen molar-refractivity contribution in [3.63, 3.8) is 0 Å². The molecule has 0 saturated carbocycles. The molecule has 3 heterocycles. The predicted octanol–water partition coefficient (Wildman–Crippen LogP) is 2.51. The van der Waals surface area contributed by atoms with Crippen molar-refractivity contribution < 1.29 is 13.2 Å². The molecule has 0 spiro atoms. The maximum Gasteiger partial charge on any atom is 0.256 e. The molecule has 0 unspecified atom stereocenters. The third-order valence-corrected chi connectivity index (χ3v) is 8.35. The lowest BCUT2D eigenvalue weighted by molar-refractivity contribution is 0.102. The topological polar surface area (TPSA) is 102 Å². The molecule has 5 rings (SSSR count). The highest BCUT2D eigenvalue weighted by atomic mass is 32.2. The monoisotopic (exact) mass is 480 g/mol. The number of hydrogen-bond donors (Lipinski definition) is 2. The lowest BCUT2D eigenvalue weighted by atomic mass is 10.1. The summed E-state index contributed by atoms with van der Waals surface area (Å²) in [5, 5.41) is 9.92. The first-order valence-electron chi connectivity index (χ1n) is 11.5. The van der Waals surface area contributed by atoms with Crippen LogP contribution < -0.4 is 10.2 Å². The Morgan fingerprint density at radius 3 is 2.38 bits per heavy atom. The normalized spacial score (nSPS) is 17.0. The summed E-state index contributed by atoms with van der Waals surface area (Å²) in [4.78, 5) is 17.9. The maximum absolute atomic E-state index is 13.0. The average molecular weight is 481 g/mol. The lowest BCUT2D eigenvalue weighted by Gasteiger charge is -2.35. The van der Waals surface area contributed by atoms with E-state index in [0.717, 1.165) is 38.4 Å². The molecule has 178 valence electrons. The Bertz CT molecular complexity index is 1270. The van der Waals surface area contributed by atoms with Crippen LogP contribution in [0.3, 0.4) is 0 Å². The Labute approximate surface area is 199 Å². The number of H-pyrrole nitrogens is 1. The number of aromatic nitrogens is 2. The van der Waals surface area contributed by atoms with Gasteiger partial charge in [-0.15, -0.1) is 0 Å². The first-order valence-corrected chi connectivity index (χ1v) is 12.9. The Balaban J connectivity index is 1.25. The molecule has 9 nitrogen and oxygen atoms in total. The summed E-state index contributed by atoms with van der Waals surface area (Å²) in [6.07, 6.45) is 0. The van der Waals surface area contributed by atoms with E-state index < -0.39 is 10.0 Å². The molecular formula is C24H28N6O3S. The van der Waals surface area contributed by atoms with Crippen molar-refractivity contribution in [2.75, 3.05) is 42.9 Å². The smallest absolute Gasteiger partial charge is 0.256 e. The third-order valence-electron chi connectivity index (χ3n) is 6.55. The fourth-order valence-corrected chi connectivity index (χ4v) is 5.85. The second-order valence-corrected chi connectivity index (χ2v) is 10.5. The zero-order chi connectivity index (χ0) is 23.7. The number of carbonyl (C=O) groups is 1. The van der Waals surface area contributed by atoms with Gasteiger partial charge in [0.25, 0.3) is 5.91 Å². The number of benzene rings is 2. The number of hydrogen-bond acceptors (Lipinski definition) is 6. The van der Waals surface area contributed by atoms with Gasteiger partial charge in [-0.3, -0.25) is 9.89 Å². The van der Waals surface area contributed by atoms with Crippen molar-refractivity contribution in [1.82, 2.24) is 19.4 Å². The summed E-state index contributed by atoms with van der Waals surface area (Å²) >= 11 is 0. The van der Waals surface area contributed by atoms with Gasteiger partial charge in [-0.2, -0.15) is 9.40 Å². The molecule has 1 fully saturated rings. The van der Waals surface area contributed by atoms with Crippen LogP contribution in [0.4, 0.5) is 11.5 Å². The van der Waals surface area contributed by atoms with Gasteiger partial charge in [-0.25, -0.2) is 8.42 Å². The minimum atomic E-state index is -3.63. The molecule has 3 aromatic rings. The number of nitrogens with one attached hydrogen (secondary N) is 2. The molecule has 2 aliphatic rings. The zero-order valence-corrected chi connectivity index (χ0v) is 19.9. The Kier molecular flexibility index (Phi) is 6.11. The van der Waals surface area contributed by atoms with Crippen LogP contribution in [0.5, 0.6) is 0 Å². The number of carbonyl (C=O) groups excluding carboxylic acids is 1. The molecule has 10 heteroatoms. The van der Waals surface area contributed by atoms with E-state index in [0.29, 0.717) is 22.6 Å². The van der Waals surface area contributed by atoms with E-state index in [1.807, 2.05) is 24.3 Å². The molecule has 1 aromatic heterocycles. The summed E-state index contributed by atoms with van der Waals surface area (Å²) in [6.45, 7) is 7.62. The number of likely N-dealkylation sites (N-methyl/N-ethyl adjacent to an activating group) is 1. The predicted molar refractivity (Wildman–Crippen MR) is 130 cm³/mol. The van der Waals surface area contributed by atoms with Crippen LogP contribution in [0.2, 0.25) is 0 Å². The van der Waals surface area contributed by atoms with Gasteiger partial charge in [-0.1, -0.05) is 25.1 Å². The average Bonchev–Trinajstić information content (AvgIpc) is 3.47. The number of fused-ring (bicyclic) bond motifs is 1. The quantitative estimate of drug-likeness (QED) is 0.562. The van der Waals surface area contributed by atoms with Crippen LogP contribution in [-0.4, -0.2) is 66.5 Å². The molecule has 34 heavy (non-hydrogen) atoms. The second-order valence-electron chi connectivity index (χ2n) is 8.54. The third kappa shape index (κ3) is 4.31. The molecule has 2 aromatic carbocycles. The van der Waals surface area contributed by atoms with Crippen LogP contribution in [0.25, 0.3) is 0 Å². The number of sulfonamides is 1. The molecule has 1 saturated heterocycles. The van der Waals surface area contributed by atoms with E-state index in [2.05, 4.69) is 32.2 Å². The van der Waals surface area contributed by atoms with Gasteiger partial charge in [0.1, 0.15) is 0 Å². The van der Waals surface area contributed by atoms with Crippen molar-refractivity contribution in [1.29, 1.82) is 0 Å². The van der Waals surface area contributed by atoms with Gasteiger partial charge in [0.05, 0.1) is 17.1 Å². The molecule has 0 bridgehead atoms. The van der Waals surface area contributed by atoms with E-state index >= 15 is 0 Å². The number of anilines is 2. The second kappa shape index (κ2) is 9.21. The number of piperazine rings is 1. The fraction of sp³-hybridized carbons (Fsp3) is 0.333. The minimum absolute atomic E-state index is 0.154. The maximum atomic E-state index is 13.0. The van der Waals surface area contributed by atoms with Crippen molar-refractivity contribution in [2.24, 2.45) is 0 Å². The lowest BCUT2D eigenvalue weighted by Crippen LogP contribution is -2.46. The van der Waals surface area contributed by atoms with Gasteiger partial charge in [0, 0.05) is 49.5 Å². The summed E-state index contributed by atoms with van der Waals surface area (Å²) in [6, 6.07) is 15.9. The Morgan fingerprint density at radius 2 is 1.71 bits per heavy atom. The molecular weight excluding hydrogens is 452 g/mol. The Hall–Kier alpha value is -3.21. The highest BCUT2D eigenvalue weighted by molar-refractivity contribution is 7.89. The van der Waals surface area contributed by atoms with Crippen molar-refractivity contribution in [3.8, 4) is 0 Å². The molecule has 0 aliphatic carbocycles. The van der Waals surface area contributed by atoms with Crippen molar-refractivity contribution in [2.45, 2.75) is 24.9 Å². The van der Waals surface area contributed by atoms with E-state index in [1.54, 1.807) is 30.3 Å². The number of nitrogens with zero attached hydrogens (tertiary/aromatic N) is 4. The van der Waals surface area contributed by atoms with Gasteiger partial charge in [-0.05, 0) is 42.9 Å². The van der Waals surface area contributed by atoms with Crippen molar-refractivity contribution >= 4 is 27.4 Å². The van der Waals surface area contributed by atoms with E-state index in [1.165, 1.54) is 4.31 Å². The zero-order valence-electron chi connectivity index (χ0n) is 19.1.